The molecule has 1 N–H and O–H groups in total. The molecule has 1 saturated heterocycles. The highest BCUT2D eigenvalue weighted by molar-refractivity contribution is 9.10. The molecule has 3 saturated carbocycles. The first-order valence-corrected chi connectivity index (χ1v) is 21.1. The number of piperidine rings is 1. The number of aromatic nitrogens is 3. The number of aliphatic hydroxyl groups is 1. The van der Waals surface area contributed by atoms with E-state index in [2.05, 4.69) is 99.9 Å². The highest BCUT2D eigenvalue weighted by Gasteiger charge is 2.63. The Morgan fingerprint density at radius 1 is 1.12 bits per heavy atom. The number of pyridine rings is 1. The summed E-state index contributed by atoms with van der Waals surface area (Å²) in [5, 5.41) is 16.4. The van der Waals surface area contributed by atoms with E-state index in [9.17, 15) is 9.90 Å². The standard InChI is InChI=1S/C24H26BrN3O3.C22H27NO2/c1-27-13-17-8-21-24(30-3,19-5-4-6-20(27)22(17)19)9-15(12-28(21)2)14-31-23(29)16-7-18(25)11-26-10-16;1-4-22(24)10-8-18-16-6-5-15-11-19-14(13-23-25-19)12-20(15,2)17(16)7-9-21(18,22)3/h4-7,10-11,13,15,21H,8-9,12,14H2,1-3H3;1,11,13,16-18,24H,5-10,12H2,2-3H3. The van der Waals surface area contributed by atoms with E-state index in [0.29, 0.717) is 29.9 Å². The summed E-state index contributed by atoms with van der Waals surface area (Å²) in [6, 6.07) is 8.47. The lowest BCUT2D eigenvalue weighted by Crippen LogP contribution is -2.59. The van der Waals surface area contributed by atoms with Crippen LogP contribution in [0.1, 0.15) is 91.6 Å². The molecule has 0 radical (unpaired) electrons. The Morgan fingerprint density at radius 3 is 2.73 bits per heavy atom. The van der Waals surface area contributed by atoms with Crippen LogP contribution in [0, 0.1) is 46.8 Å². The molecule has 1 aromatic carbocycles. The van der Waals surface area contributed by atoms with Gasteiger partial charge in [0.05, 0.1) is 18.4 Å². The van der Waals surface area contributed by atoms with Crippen molar-refractivity contribution in [2.75, 3.05) is 27.3 Å². The molecule has 294 valence electrons. The number of methoxy groups -OCH3 is 1. The molecule has 3 aromatic heterocycles. The second kappa shape index (κ2) is 13.7. The average molecular weight is 822 g/mol. The average Bonchev–Trinajstić information content (AvgIpc) is 3.86. The largest absolute Gasteiger partial charge is 0.462 e. The van der Waals surface area contributed by atoms with E-state index in [1.165, 1.54) is 40.2 Å². The highest BCUT2D eigenvalue weighted by Crippen LogP contribution is 2.67. The summed E-state index contributed by atoms with van der Waals surface area (Å²) in [5.74, 6) is 5.46. The number of rotatable bonds is 4. The molecule has 10 rings (SSSR count). The molecular weight excluding hydrogens is 768 g/mol. The molecule has 0 spiro atoms. The van der Waals surface area contributed by atoms with Crippen LogP contribution in [0.4, 0.5) is 0 Å². The first-order valence-electron chi connectivity index (χ1n) is 20.3. The minimum absolute atomic E-state index is 0.114. The number of halogens is 1. The van der Waals surface area contributed by atoms with Crippen molar-refractivity contribution in [3.05, 3.63) is 87.1 Å². The number of benzene rings is 1. The lowest BCUT2D eigenvalue weighted by atomic mass is 9.46. The summed E-state index contributed by atoms with van der Waals surface area (Å²) < 4.78 is 20.4. The van der Waals surface area contributed by atoms with Crippen LogP contribution in [0.3, 0.4) is 0 Å². The molecule has 9 atom stereocenters. The molecule has 5 aliphatic carbocycles. The molecule has 4 heterocycles. The van der Waals surface area contributed by atoms with E-state index in [1.54, 1.807) is 17.8 Å². The highest BCUT2D eigenvalue weighted by atomic mass is 79.9. The number of ether oxygens (including phenoxy) is 2. The van der Waals surface area contributed by atoms with Crippen molar-refractivity contribution in [3.8, 4) is 12.3 Å². The molecule has 0 amide bonds. The SMILES string of the molecule is C#CC1(O)CCC2C3CCC4=Cc5oncc5CC4(C)C3CCC21C.COC12CC(COC(=O)c3cncc(Br)c3)CN(C)C1Cc1cn(C)c3cccc2c13. The number of nitrogens with zero attached hydrogens (tertiary/aromatic N) is 4. The van der Waals surface area contributed by atoms with Gasteiger partial charge < -0.3 is 23.7 Å². The fourth-order valence-corrected chi connectivity index (χ4v) is 13.1. The van der Waals surface area contributed by atoms with Gasteiger partial charge in [-0.2, -0.15) is 0 Å². The first-order chi connectivity index (χ1) is 26.8. The smallest absolute Gasteiger partial charge is 0.339 e. The predicted octanol–water partition coefficient (Wildman–Crippen LogP) is 8.13. The second-order valence-electron chi connectivity index (χ2n) is 18.2. The van der Waals surface area contributed by atoms with Crippen LogP contribution < -0.4 is 0 Å². The van der Waals surface area contributed by atoms with Gasteiger partial charge in [0.1, 0.15) is 11.2 Å². The Bertz CT molecular complexity index is 2270. The van der Waals surface area contributed by atoms with Crippen molar-refractivity contribution in [2.24, 2.45) is 41.5 Å². The van der Waals surface area contributed by atoms with Crippen molar-refractivity contribution in [1.29, 1.82) is 0 Å². The number of hydrogen-bond donors (Lipinski definition) is 1. The molecule has 56 heavy (non-hydrogen) atoms. The monoisotopic (exact) mass is 820 g/mol. The van der Waals surface area contributed by atoms with Crippen molar-refractivity contribution in [3.63, 3.8) is 0 Å². The number of terminal acetylenes is 1. The van der Waals surface area contributed by atoms with Crippen molar-refractivity contribution < 1.29 is 23.9 Å². The summed E-state index contributed by atoms with van der Waals surface area (Å²) in [5.41, 5.74) is 5.89. The van der Waals surface area contributed by atoms with E-state index in [4.69, 9.17) is 20.4 Å². The first kappa shape index (κ1) is 37.8. The normalized spacial score (nSPS) is 35.4. The molecular formula is C46H53BrN4O5. The van der Waals surface area contributed by atoms with Crippen molar-refractivity contribution in [1.82, 2.24) is 19.6 Å². The van der Waals surface area contributed by atoms with Crippen molar-refractivity contribution in [2.45, 2.75) is 88.9 Å². The number of aryl methyl sites for hydroxylation is 1. The van der Waals surface area contributed by atoms with Crippen LogP contribution in [0.2, 0.25) is 0 Å². The zero-order valence-corrected chi connectivity index (χ0v) is 34.8. The molecule has 9 unspecified atom stereocenters. The summed E-state index contributed by atoms with van der Waals surface area (Å²) in [7, 11) is 6.07. The van der Waals surface area contributed by atoms with E-state index < -0.39 is 11.2 Å². The zero-order valence-electron chi connectivity index (χ0n) is 33.2. The number of esters is 1. The maximum absolute atomic E-state index is 12.5. The van der Waals surface area contributed by atoms with Gasteiger partial charge >= 0.3 is 5.97 Å². The minimum atomic E-state index is -0.909. The number of carbonyl (C=O) groups is 1. The molecule has 1 aliphatic heterocycles. The zero-order chi connectivity index (χ0) is 39.2. The Labute approximate surface area is 338 Å². The Balaban J connectivity index is 0.000000149. The van der Waals surface area contributed by atoms with E-state index in [-0.39, 0.29) is 28.8 Å². The maximum Gasteiger partial charge on any atom is 0.339 e. The Morgan fingerprint density at radius 2 is 1.95 bits per heavy atom. The Kier molecular flexibility index (Phi) is 9.24. The molecule has 0 bridgehead atoms. The molecule has 10 heteroatoms. The van der Waals surface area contributed by atoms with Crippen LogP contribution in [-0.4, -0.2) is 69.6 Å². The lowest BCUT2D eigenvalue weighted by molar-refractivity contribution is -0.131. The van der Waals surface area contributed by atoms with Gasteiger partial charge in [0.15, 0.2) is 5.76 Å². The summed E-state index contributed by atoms with van der Waals surface area (Å²) in [6.45, 7) is 5.92. The van der Waals surface area contributed by atoms with Crippen molar-refractivity contribution >= 4 is 38.9 Å². The van der Waals surface area contributed by atoms with Crippen LogP contribution in [0.5, 0.6) is 0 Å². The third-order valence-corrected chi connectivity index (χ3v) is 16.0. The van der Waals surface area contributed by atoms with Gasteiger partial charge in [-0.1, -0.05) is 42.6 Å². The fraction of sp³-hybridized carbons (Fsp3) is 0.543. The van der Waals surface area contributed by atoms with Gasteiger partial charge in [-0.05, 0) is 133 Å². The molecule has 4 aromatic rings. The van der Waals surface area contributed by atoms with E-state index in [0.717, 1.165) is 68.1 Å². The lowest BCUT2D eigenvalue weighted by Gasteiger charge is -2.58. The van der Waals surface area contributed by atoms with Gasteiger partial charge in [0.2, 0.25) is 0 Å². The summed E-state index contributed by atoms with van der Waals surface area (Å²) in [4.78, 5) is 19.0. The van der Waals surface area contributed by atoms with E-state index in [1.807, 2.05) is 13.3 Å². The van der Waals surface area contributed by atoms with Crippen LogP contribution >= 0.6 is 15.9 Å². The van der Waals surface area contributed by atoms with Gasteiger partial charge in [-0.15, -0.1) is 6.42 Å². The number of likely N-dealkylation sites (tertiary alicyclic amines) is 1. The fourth-order valence-electron chi connectivity index (χ4n) is 12.8. The van der Waals surface area contributed by atoms with Crippen LogP contribution in [-0.2, 0) is 35.0 Å². The Hall–Kier alpha value is -3.75. The maximum atomic E-state index is 12.5. The number of allylic oxidation sites excluding steroid dienone is 1. The van der Waals surface area contributed by atoms with Crippen LogP contribution in [0.15, 0.2) is 63.6 Å². The third-order valence-electron chi connectivity index (χ3n) is 15.6. The molecule has 6 aliphatic rings. The molecule has 4 fully saturated rings. The van der Waals surface area contributed by atoms with Crippen LogP contribution in [0.25, 0.3) is 17.0 Å². The number of fused-ring (bicyclic) bond motifs is 8. The molecule has 9 nitrogen and oxygen atoms in total. The third kappa shape index (κ3) is 5.62. The van der Waals surface area contributed by atoms with Gasteiger partial charge in [0.25, 0.3) is 0 Å². The quantitative estimate of drug-likeness (QED) is 0.163. The minimum Gasteiger partial charge on any atom is -0.462 e. The van der Waals surface area contributed by atoms with Gasteiger partial charge in [-0.3, -0.25) is 9.88 Å². The predicted molar refractivity (Wildman–Crippen MR) is 218 cm³/mol. The topological polar surface area (TPSA) is 103 Å². The van der Waals surface area contributed by atoms with Gasteiger partial charge in [-0.25, -0.2) is 4.79 Å². The summed E-state index contributed by atoms with van der Waals surface area (Å²) in [6.07, 6.45) is 24.6. The number of likely N-dealkylation sites (N-methyl/N-ethyl adjacent to an activating group) is 1. The summed E-state index contributed by atoms with van der Waals surface area (Å²) >= 11 is 3.35. The van der Waals surface area contributed by atoms with E-state index >= 15 is 0 Å². The second-order valence-corrected chi connectivity index (χ2v) is 19.1. The van der Waals surface area contributed by atoms with Gasteiger partial charge in [0, 0.05) is 77.6 Å². The number of carbonyl (C=O) groups excluding carboxylic acids is 1. The number of hydrogen-bond acceptors (Lipinski definition) is 8.